The van der Waals surface area contributed by atoms with E-state index >= 15 is 0 Å². The smallest absolute Gasteiger partial charge is 0.350 e. The highest BCUT2D eigenvalue weighted by Gasteiger charge is 2.87. The molecule has 3 N–H and O–H groups in total. The van der Waals surface area contributed by atoms with Gasteiger partial charge >= 0.3 is 5.97 Å². The number of nitrogens with two attached hydrogens (primary N) is 1. The lowest BCUT2D eigenvalue weighted by molar-refractivity contribution is -0.163. The summed E-state index contributed by atoms with van der Waals surface area (Å²) < 4.78 is 12.0. The van der Waals surface area contributed by atoms with Gasteiger partial charge in [0.05, 0.1) is 6.17 Å². The number of carbonyl (C=O) groups excluding carboxylic acids is 3. The molecular formula is C28H42N2O5. The average Bonchev–Trinajstić information content (AvgIpc) is 3.58. The fourth-order valence-electron chi connectivity index (χ4n) is 7.19. The molecule has 0 aromatic rings. The van der Waals surface area contributed by atoms with E-state index in [0.29, 0.717) is 18.8 Å². The van der Waals surface area contributed by atoms with E-state index in [1.807, 2.05) is 6.08 Å². The van der Waals surface area contributed by atoms with E-state index in [0.717, 1.165) is 77.2 Å². The van der Waals surface area contributed by atoms with Gasteiger partial charge in [0, 0.05) is 18.3 Å². The maximum atomic E-state index is 13.8. The van der Waals surface area contributed by atoms with Crippen LogP contribution in [0.1, 0.15) is 96.8 Å². The van der Waals surface area contributed by atoms with E-state index in [4.69, 9.17) is 15.2 Å². The zero-order chi connectivity index (χ0) is 24.6. The fourth-order valence-corrected chi connectivity index (χ4v) is 7.19. The summed E-state index contributed by atoms with van der Waals surface area (Å²) in [5.41, 5.74) is 4.12. The second-order valence-corrected chi connectivity index (χ2v) is 11.7. The van der Waals surface area contributed by atoms with Crippen LogP contribution >= 0.6 is 0 Å². The third kappa shape index (κ3) is 4.53. The Kier molecular flexibility index (Phi) is 7.21. The molecule has 2 heterocycles. The Hall–Kier alpha value is -1.57. The minimum Gasteiger partial charge on any atom is -0.460 e. The third-order valence-corrected chi connectivity index (χ3v) is 9.38. The number of rotatable bonds is 7. The molecular weight excluding hydrogens is 444 g/mol. The molecule has 2 aliphatic heterocycles. The number of fused-ring (bicyclic) bond motifs is 2. The number of Topliss-reactive ketones (excluding diaryl/α,β-unsaturated/α-hetero) is 2. The van der Waals surface area contributed by atoms with Gasteiger partial charge < -0.3 is 20.5 Å². The molecule has 7 nitrogen and oxygen atoms in total. The van der Waals surface area contributed by atoms with Gasteiger partial charge in [-0.25, -0.2) is 4.79 Å². The van der Waals surface area contributed by atoms with Gasteiger partial charge in [-0.3, -0.25) is 9.59 Å². The molecule has 3 saturated carbocycles. The molecule has 0 aromatic carbocycles. The number of nitrogens with one attached hydrogen (secondary N) is 1. The van der Waals surface area contributed by atoms with Crippen molar-refractivity contribution in [2.75, 3.05) is 6.54 Å². The van der Waals surface area contributed by atoms with Crippen LogP contribution in [-0.4, -0.2) is 47.6 Å². The molecule has 7 heteroatoms. The lowest BCUT2D eigenvalue weighted by atomic mass is 9.61. The Labute approximate surface area is 208 Å². The molecule has 4 unspecified atom stereocenters. The number of epoxide rings is 1. The zero-order valence-corrected chi connectivity index (χ0v) is 21.2. The van der Waals surface area contributed by atoms with Crippen molar-refractivity contribution < 1.29 is 23.9 Å². The highest BCUT2D eigenvalue weighted by Crippen LogP contribution is 2.61. The molecule has 0 amide bonds. The second kappa shape index (κ2) is 10.1. The van der Waals surface area contributed by atoms with Crippen LogP contribution in [0.3, 0.4) is 0 Å². The maximum absolute atomic E-state index is 13.8. The van der Waals surface area contributed by atoms with E-state index < -0.39 is 23.1 Å². The van der Waals surface area contributed by atoms with Crippen molar-refractivity contribution in [3.63, 3.8) is 0 Å². The van der Waals surface area contributed by atoms with Gasteiger partial charge in [0.1, 0.15) is 6.10 Å². The molecule has 3 aliphatic carbocycles. The normalized spacial score (nSPS) is 40.1. The molecule has 194 valence electrons. The first kappa shape index (κ1) is 25.1. The lowest BCUT2D eigenvalue weighted by Gasteiger charge is -2.37. The topological polar surface area (TPSA) is 111 Å². The van der Waals surface area contributed by atoms with E-state index in [9.17, 15) is 14.4 Å². The number of allylic oxidation sites excluding steroid dienone is 1. The number of esters is 1. The number of carbonyl (C=O) groups is 3. The van der Waals surface area contributed by atoms with Gasteiger partial charge in [0.15, 0.2) is 17.2 Å². The molecule has 0 spiro atoms. The van der Waals surface area contributed by atoms with Crippen LogP contribution in [0, 0.1) is 17.8 Å². The summed E-state index contributed by atoms with van der Waals surface area (Å²) in [5.74, 6) is -0.982. The van der Waals surface area contributed by atoms with Gasteiger partial charge in [-0.2, -0.15) is 0 Å². The molecule has 0 aromatic heterocycles. The standard InChI is InChI=1S/C28H42N2O5/c1-18(11-12-19-14-16-30-23(29)17-19)13-15-27-24(31)21-9-5-6-10-22(21)25(32)28(27,35-27)26(33)34-20-7-3-2-4-8-20/h13,19-23,30H,2-12,14-17,29H2,1H3/t19?,21?,22?,23?,27-,28-/m0/s1. The monoisotopic (exact) mass is 486 g/mol. The lowest BCUT2D eigenvalue weighted by Crippen LogP contribution is -2.58. The highest BCUT2D eigenvalue weighted by atomic mass is 16.7. The number of hydrogen-bond donors (Lipinski definition) is 2. The first-order valence-electron chi connectivity index (χ1n) is 14.0. The average molecular weight is 487 g/mol. The van der Waals surface area contributed by atoms with Gasteiger partial charge in [-0.1, -0.05) is 30.9 Å². The van der Waals surface area contributed by atoms with Crippen LogP contribution in [-0.2, 0) is 23.9 Å². The summed E-state index contributed by atoms with van der Waals surface area (Å²) in [5, 5.41) is 3.29. The number of piperidine rings is 1. The van der Waals surface area contributed by atoms with Crippen molar-refractivity contribution in [2.24, 2.45) is 23.5 Å². The molecule has 5 fully saturated rings. The van der Waals surface area contributed by atoms with E-state index in [-0.39, 0.29) is 36.2 Å². The van der Waals surface area contributed by atoms with Crippen LogP contribution in [0.15, 0.2) is 11.6 Å². The Morgan fingerprint density at radius 2 is 1.74 bits per heavy atom. The summed E-state index contributed by atoms with van der Waals surface area (Å²) in [6.45, 7) is 3.02. The SMILES string of the molecule is CC(=CC[C@@]12O[C@]1(C(=O)OC1CCCCC1)C(=O)C1CCCCC1C2=O)CCC1CCNC(N)C1. The maximum Gasteiger partial charge on any atom is 0.350 e. The largest absolute Gasteiger partial charge is 0.460 e. The molecule has 0 radical (unpaired) electrons. The Morgan fingerprint density at radius 1 is 1.06 bits per heavy atom. The van der Waals surface area contributed by atoms with Crippen molar-refractivity contribution in [1.29, 1.82) is 0 Å². The summed E-state index contributed by atoms with van der Waals surface area (Å²) >= 11 is 0. The van der Waals surface area contributed by atoms with Gasteiger partial charge in [0.2, 0.25) is 0 Å². The number of ketones is 2. The molecule has 5 aliphatic rings. The fraction of sp³-hybridized carbons (Fsp3) is 0.821. The van der Waals surface area contributed by atoms with Crippen molar-refractivity contribution >= 4 is 17.5 Å². The zero-order valence-electron chi connectivity index (χ0n) is 21.2. The Bertz CT molecular complexity index is 881. The molecule has 2 saturated heterocycles. The van der Waals surface area contributed by atoms with Crippen molar-refractivity contribution in [2.45, 2.75) is 120 Å². The minimum atomic E-state index is -1.72. The first-order chi connectivity index (χ1) is 16.9. The predicted molar refractivity (Wildman–Crippen MR) is 131 cm³/mol. The predicted octanol–water partition coefficient (Wildman–Crippen LogP) is 3.73. The van der Waals surface area contributed by atoms with Crippen LogP contribution in [0.2, 0.25) is 0 Å². The van der Waals surface area contributed by atoms with Crippen LogP contribution < -0.4 is 11.1 Å². The van der Waals surface area contributed by atoms with Crippen molar-refractivity contribution in [1.82, 2.24) is 5.32 Å². The number of ether oxygens (including phenoxy) is 2. The summed E-state index contributed by atoms with van der Waals surface area (Å²) in [6, 6.07) is 0. The summed E-state index contributed by atoms with van der Waals surface area (Å²) in [4.78, 5) is 41.1. The van der Waals surface area contributed by atoms with E-state index in [1.54, 1.807) is 0 Å². The highest BCUT2D eigenvalue weighted by molar-refractivity contribution is 6.23. The van der Waals surface area contributed by atoms with Crippen molar-refractivity contribution in [3.05, 3.63) is 11.6 Å². The van der Waals surface area contributed by atoms with E-state index in [2.05, 4.69) is 12.2 Å². The van der Waals surface area contributed by atoms with Gasteiger partial charge in [0.25, 0.3) is 5.60 Å². The second-order valence-electron chi connectivity index (χ2n) is 11.7. The van der Waals surface area contributed by atoms with Crippen LogP contribution in [0.5, 0.6) is 0 Å². The van der Waals surface area contributed by atoms with Gasteiger partial charge in [-0.05, 0) is 83.6 Å². The third-order valence-electron chi connectivity index (χ3n) is 9.38. The summed E-state index contributed by atoms with van der Waals surface area (Å²) in [7, 11) is 0. The van der Waals surface area contributed by atoms with E-state index in [1.165, 1.54) is 5.57 Å². The van der Waals surface area contributed by atoms with Crippen LogP contribution in [0.4, 0.5) is 0 Å². The Morgan fingerprint density at radius 3 is 2.46 bits per heavy atom. The molecule has 6 atom stereocenters. The van der Waals surface area contributed by atoms with Gasteiger partial charge in [-0.15, -0.1) is 0 Å². The quantitative estimate of drug-likeness (QED) is 0.244. The Balaban J connectivity index is 1.32. The number of hydrogen-bond acceptors (Lipinski definition) is 7. The van der Waals surface area contributed by atoms with Crippen LogP contribution in [0.25, 0.3) is 0 Å². The molecule has 5 rings (SSSR count). The van der Waals surface area contributed by atoms with Crippen molar-refractivity contribution in [3.8, 4) is 0 Å². The molecule has 0 bridgehead atoms. The first-order valence-corrected chi connectivity index (χ1v) is 14.0. The minimum absolute atomic E-state index is 0.0456. The summed E-state index contributed by atoms with van der Waals surface area (Å²) in [6.07, 6.45) is 14.4. The molecule has 35 heavy (non-hydrogen) atoms.